The number of piperidine rings is 1. The highest BCUT2D eigenvalue weighted by Crippen LogP contribution is 2.26. The molecule has 1 aliphatic rings. The van der Waals surface area contributed by atoms with Crippen LogP contribution in [0.5, 0.6) is 11.5 Å². The molecule has 0 bridgehead atoms. The third kappa shape index (κ3) is 3.17. The fourth-order valence-corrected chi connectivity index (χ4v) is 2.26. The lowest BCUT2D eigenvalue weighted by atomic mass is 10.0. The highest BCUT2D eigenvalue weighted by Gasteiger charge is 2.24. The molecule has 5 heteroatoms. The van der Waals surface area contributed by atoms with Crippen LogP contribution in [-0.4, -0.2) is 37.6 Å². The first kappa shape index (κ1) is 13.7. The SMILES string of the molecule is COc1ccc(CN2CC[C@@H](N)CC2=O)c(OC)c1. The summed E-state index contributed by atoms with van der Waals surface area (Å²) < 4.78 is 10.5. The van der Waals surface area contributed by atoms with Gasteiger partial charge in [-0.15, -0.1) is 0 Å². The van der Waals surface area contributed by atoms with Gasteiger partial charge in [0.25, 0.3) is 0 Å². The van der Waals surface area contributed by atoms with Gasteiger partial charge < -0.3 is 20.1 Å². The van der Waals surface area contributed by atoms with Crippen molar-refractivity contribution in [3.05, 3.63) is 23.8 Å². The molecule has 19 heavy (non-hydrogen) atoms. The first-order valence-corrected chi connectivity index (χ1v) is 6.38. The second-order valence-electron chi connectivity index (χ2n) is 4.75. The highest BCUT2D eigenvalue weighted by molar-refractivity contribution is 5.77. The maximum Gasteiger partial charge on any atom is 0.224 e. The first-order valence-electron chi connectivity index (χ1n) is 6.38. The average Bonchev–Trinajstić information content (AvgIpc) is 2.42. The number of hydrogen-bond donors (Lipinski definition) is 1. The number of amides is 1. The molecule has 1 amide bonds. The maximum atomic E-state index is 11.9. The lowest BCUT2D eigenvalue weighted by Gasteiger charge is -2.30. The van der Waals surface area contributed by atoms with Gasteiger partial charge in [0, 0.05) is 37.2 Å². The molecule has 2 N–H and O–H groups in total. The van der Waals surface area contributed by atoms with Gasteiger partial charge >= 0.3 is 0 Å². The van der Waals surface area contributed by atoms with E-state index in [1.807, 2.05) is 23.1 Å². The zero-order valence-corrected chi connectivity index (χ0v) is 11.4. The van der Waals surface area contributed by atoms with Crippen LogP contribution in [0.1, 0.15) is 18.4 Å². The molecule has 1 saturated heterocycles. The molecule has 0 radical (unpaired) electrons. The van der Waals surface area contributed by atoms with Crippen molar-refractivity contribution in [2.24, 2.45) is 5.73 Å². The van der Waals surface area contributed by atoms with Crippen molar-refractivity contribution in [1.82, 2.24) is 4.90 Å². The second-order valence-corrected chi connectivity index (χ2v) is 4.75. The molecule has 0 aromatic heterocycles. The molecule has 1 heterocycles. The van der Waals surface area contributed by atoms with E-state index < -0.39 is 0 Å². The smallest absolute Gasteiger partial charge is 0.224 e. The summed E-state index contributed by atoms with van der Waals surface area (Å²) in [5.74, 6) is 1.59. The molecule has 0 saturated carbocycles. The number of carbonyl (C=O) groups is 1. The van der Waals surface area contributed by atoms with Crippen LogP contribution in [0.25, 0.3) is 0 Å². The normalized spacial score (nSPS) is 19.4. The molecule has 2 rings (SSSR count). The summed E-state index contributed by atoms with van der Waals surface area (Å²) in [7, 11) is 3.23. The van der Waals surface area contributed by atoms with Crippen molar-refractivity contribution in [3.8, 4) is 11.5 Å². The standard InChI is InChI=1S/C14H20N2O3/c1-18-12-4-3-10(13(8-12)19-2)9-16-6-5-11(15)7-14(16)17/h3-4,8,11H,5-7,9,15H2,1-2H3/t11-/m1/s1. The van der Waals surface area contributed by atoms with Gasteiger partial charge in [0.05, 0.1) is 14.2 Å². The maximum absolute atomic E-state index is 11.9. The molecular formula is C14H20N2O3. The topological polar surface area (TPSA) is 64.8 Å². The van der Waals surface area contributed by atoms with Crippen molar-refractivity contribution in [1.29, 1.82) is 0 Å². The van der Waals surface area contributed by atoms with Gasteiger partial charge in [0.2, 0.25) is 5.91 Å². The summed E-state index contributed by atoms with van der Waals surface area (Å²) >= 11 is 0. The Morgan fingerprint density at radius 1 is 1.37 bits per heavy atom. The summed E-state index contributed by atoms with van der Waals surface area (Å²) in [6.07, 6.45) is 1.28. The predicted molar refractivity (Wildman–Crippen MR) is 72.2 cm³/mol. The minimum atomic E-state index is 0.00140. The summed E-state index contributed by atoms with van der Waals surface area (Å²) in [6.45, 7) is 1.26. The number of hydrogen-bond acceptors (Lipinski definition) is 4. The van der Waals surface area contributed by atoms with Crippen molar-refractivity contribution in [2.45, 2.75) is 25.4 Å². The number of carbonyl (C=O) groups excluding carboxylic acids is 1. The van der Waals surface area contributed by atoms with E-state index in [1.54, 1.807) is 14.2 Å². The molecule has 0 unspecified atom stereocenters. The van der Waals surface area contributed by atoms with Gasteiger partial charge in [-0.2, -0.15) is 0 Å². The van der Waals surface area contributed by atoms with E-state index in [1.165, 1.54) is 0 Å². The number of nitrogens with zero attached hydrogens (tertiary/aromatic N) is 1. The monoisotopic (exact) mass is 264 g/mol. The van der Waals surface area contributed by atoms with Crippen molar-refractivity contribution < 1.29 is 14.3 Å². The van der Waals surface area contributed by atoms with Crippen LogP contribution in [0.4, 0.5) is 0 Å². The molecule has 0 aliphatic carbocycles. The van der Waals surface area contributed by atoms with E-state index in [-0.39, 0.29) is 11.9 Å². The molecule has 1 aromatic carbocycles. The number of nitrogens with two attached hydrogens (primary N) is 1. The predicted octanol–water partition coefficient (Wildman–Crippen LogP) is 1.15. The molecule has 1 fully saturated rings. The van der Waals surface area contributed by atoms with Crippen LogP contribution in [-0.2, 0) is 11.3 Å². The van der Waals surface area contributed by atoms with E-state index in [2.05, 4.69) is 0 Å². The van der Waals surface area contributed by atoms with Gasteiger partial charge in [-0.05, 0) is 18.6 Å². The van der Waals surface area contributed by atoms with E-state index in [4.69, 9.17) is 15.2 Å². The fourth-order valence-electron chi connectivity index (χ4n) is 2.26. The Kier molecular flexibility index (Phi) is 4.27. The number of methoxy groups -OCH3 is 2. The average molecular weight is 264 g/mol. The van der Waals surface area contributed by atoms with Crippen LogP contribution in [0.3, 0.4) is 0 Å². The largest absolute Gasteiger partial charge is 0.497 e. The molecule has 1 aliphatic heterocycles. The number of benzene rings is 1. The lowest BCUT2D eigenvalue weighted by Crippen LogP contribution is -2.43. The van der Waals surface area contributed by atoms with E-state index >= 15 is 0 Å². The van der Waals surface area contributed by atoms with E-state index in [0.29, 0.717) is 19.5 Å². The Hall–Kier alpha value is -1.75. The Labute approximate surface area is 113 Å². The van der Waals surface area contributed by atoms with Gasteiger partial charge in [-0.1, -0.05) is 0 Å². The Bertz CT molecular complexity index is 462. The van der Waals surface area contributed by atoms with Crippen LogP contribution >= 0.6 is 0 Å². The Morgan fingerprint density at radius 2 is 2.16 bits per heavy atom. The van der Waals surface area contributed by atoms with Gasteiger partial charge in [-0.3, -0.25) is 4.79 Å². The van der Waals surface area contributed by atoms with Crippen LogP contribution in [0, 0.1) is 0 Å². The highest BCUT2D eigenvalue weighted by atomic mass is 16.5. The molecule has 1 aromatic rings. The number of likely N-dealkylation sites (tertiary alicyclic amines) is 1. The van der Waals surface area contributed by atoms with Crippen molar-refractivity contribution in [2.75, 3.05) is 20.8 Å². The van der Waals surface area contributed by atoms with Gasteiger partial charge in [0.1, 0.15) is 11.5 Å². The van der Waals surface area contributed by atoms with Crippen LogP contribution < -0.4 is 15.2 Å². The lowest BCUT2D eigenvalue weighted by molar-refractivity contribution is -0.134. The van der Waals surface area contributed by atoms with Crippen molar-refractivity contribution >= 4 is 5.91 Å². The molecule has 104 valence electrons. The zero-order chi connectivity index (χ0) is 13.8. The second kappa shape index (κ2) is 5.93. The van der Waals surface area contributed by atoms with Crippen LogP contribution in [0.15, 0.2) is 18.2 Å². The number of ether oxygens (including phenoxy) is 2. The summed E-state index contributed by atoms with van der Waals surface area (Å²) in [6, 6.07) is 5.63. The third-order valence-corrected chi connectivity index (χ3v) is 3.41. The third-order valence-electron chi connectivity index (χ3n) is 3.41. The Morgan fingerprint density at radius 3 is 2.79 bits per heavy atom. The van der Waals surface area contributed by atoms with Gasteiger partial charge in [0.15, 0.2) is 0 Å². The molecule has 0 spiro atoms. The van der Waals surface area contributed by atoms with Gasteiger partial charge in [-0.25, -0.2) is 0 Å². The molecule has 1 atom stereocenters. The minimum Gasteiger partial charge on any atom is -0.497 e. The molecular weight excluding hydrogens is 244 g/mol. The first-order chi connectivity index (χ1) is 9.13. The summed E-state index contributed by atoms with van der Waals surface area (Å²) in [5, 5.41) is 0. The summed E-state index contributed by atoms with van der Waals surface area (Å²) in [5.41, 5.74) is 6.76. The summed E-state index contributed by atoms with van der Waals surface area (Å²) in [4.78, 5) is 13.7. The van der Waals surface area contributed by atoms with E-state index in [9.17, 15) is 4.79 Å². The molecule has 5 nitrogen and oxygen atoms in total. The Balaban J connectivity index is 2.12. The minimum absolute atomic E-state index is 0.00140. The quantitative estimate of drug-likeness (QED) is 0.886. The number of rotatable bonds is 4. The fraction of sp³-hybridized carbons (Fsp3) is 0.500. The van der Waals surface area contributed by atoms with Crippen LogP contribution in [0.2, 0.25) is 0 Å². The van der Waals surface area contributed by atoms with Crippen molar-refractivity contribution in [3.63, 3.8) is 0 Å². The van der Waals surface area contributed by atoms with E-state index in [0.717, 1.165) is 23.5 Å². The zero-order valence-electron chi connectivity index (χ0n) is 11.4.